The highest BCUT2D eigenvalue weighted by atomic mass is 31.2. The molecule has 4 aromatic rings. The fourth-order valence-electron chi connectivity index (χ4n) is 8.05. The number of amides is 1. The van der Waals surface area contributed by atoms with Crippen LogP contribution in [0, 0.1) is 0 Å². The predicted octanol–water partition coefficient (Wildman–Crippen LogP) is 8.79. The third kappa shape index (κ3) is 11.5. The molecule has 0 bridgehead atoms. The number of carbonyl (C=O) groups is 1. The van der Waals surface area contributed by atoms with E-state index < -0.39 is 26.4 Å². The van der Waals surface area contributed by atoms with Gasteiger partial charge in [0, 0.05) is 88.4 Å². The van der Waals surface area contributed by atoms with Crippen LogP contribution in [0.1, 0.15) is 65.5 Å². The molecule has 2 aliphatic heterocycles. The fraction of sp³-hybridized carbons (Fsp3) is 0.578. The van der Waals surface area contributed by atoms with Gasteiger partial charge in [-0.1, -0.05) is 38.7 Å². The quantitative estimate of drug-likeness (QED) is 0.0638. The Bertz CT molecular complexity index is 2170. The number of piperazine rings is 1. The highest BCUT2D eigenvalue weighted by molar-refractivity contribution is 7.70. The summed E-state index contributed by atoms with van der Waals surface area (Å²) in [5.74, 6) is 0.948. The zero-order chi connectivity index (χ0) is 43.6. The number of hydrogen-bond donors (Lipinski definition) is 3. The van der Waals surface area contributed by atoms with E-state index in [0.717, 1.165) is 84.8 Å². The van der Waals surface area contributed by atoms with E-state index in [-0.39, 0.29) is 6.09 Å². The van der Waals surface area contributed by atoms with Crippen LogP contribution in [0.2, 0.25) is 25.7 Å². The normalized spacial score (nSPS) is 16.4. The second-order valence-electron chi connectivity index (χ2n) is 19.5. The standard InChI is InChI=1S/C45H69N8O5PSi/c1-12-32-29-37(35(45(5,6)55)30-38(32)51-20-17-33(18-21-51)50-23-25-52(26-24-50)43(54)58-44(2,3)4)47-42-48-40(46-36-15-13-14-16-39(36)59(7,8)56)34-19-22-53(41(34)49-42)31-57-27-28-60(9,10)11/h13-16,19,22,29-30,33,55H,12,17-18,20-21,23-28,31H2,1-11H3,(H2,46,47,48,49). The van der Waals surface area contributed by atoms with E-state index in [9.17, 15) is 14.5 Å². The summed E-state index contributed by atoms with van der Waals surface area (Å²) >= 11 is 0. The Labute approximate surface area is 358 Å². The van der Waals surface area contributed by atoms with E-state index in [0.29, 0.717) is 49.9 Å². The van der Waals surface area contributed by atoms with Crippen LogP contribution in [0.5, 0.6) is 0 Å². The van der Waals surface area contributed by atoms with Gasteiger partial charge in [0.25, 0.3) is 0 Å². The van der Waals surface area contributed by atoms with Crippen LogP contribution in [0.3, 0.4) is 0 Å². The molecule has 60 heavy (non-hydrogen) atoms. The number of aromatic nitrogens is 3. The van der Waals surface area contributed by atoms with Gasteiger partial charge in [-0.3, -0.25) is 4.90 Å². The van der Waals surface area contributed by atoms with Crippen molar-refractivity contribution in [1.82, 2.24) is 24.3 Å². The second kappa shape index (κ2) is 18.2. The number of benzene rings is 2. The van der Waals surface area contributed by atoms with E-state index >= 15 is 0 Å². The molecule has 0 spiro atoms. The first-order valence-corrected chi connectivity index (χ1v) is 27.9. The summed E-state index contributed by atoms with van der Waals surface area (Å²) in [6, 6.07) is 15.5. The number of carbonyl (C=O) groups excluding carboxylic acids is 1. The van der Waals surface area contributed by atoms with Crippen LogP contribution in [-0.4, -0.2) is 114 Å². The lowest BCUT2D eigenvalue weighted by Gasteiger charge is -2.43. The number of para-hydroxylation sites is 1. The first kappa shape index (κ1) is 45.6. The van der Waals surface area contributed by atoms with Gasteiger partial charge in [0.2, 0.25) is 5.95 Å². The molecule has 2 aromatic carbocycles. The summed E-state index contributed by atoms with van der Waals surface area (Å²) < 4.78 is 27.2. The minimum Gasteiger partial charge on any atom is -0.444 e. The minimum atomic E-state index is -2.61. The Morgan fingerprint density at radius 1 is 0.933 bits per heavy atom. The summed E-state index contributed by atoms with van der Waals surface area (Å²) in [5, 5.41) is 20.3. The SMILES string of the molecule is CCc1cc(Nc2nc(Nc3ccccc3P(C)(C)=O)c3ccn(COCC[Si](C)(C)C)c3n2)c(C(C)(C)O)cc1N1CCC(N2CCN(C(=O)OC(C)(C)C)CC2)CC1. The van der Waals surface area contributed by atoms with Gasteiger partial charge in [0.1, 0.15) is 30.9 Å². The van der Waals surface area contributed by atoms with Crippen LogP contribution in [-0.2, 0) is 32.8 Å². The number of hydrogen-bond acceptors (Lipinski definition) is 11. The van der Waals surface area contributed by atoms with Gasteiger partial charge < -0.3 is 44.1 Å². The fourth-order valence-corrected chi connectivity index (χ4v) is 9.96. The Balaban J connectivity index is 1.26. The predicted molar refractivity (Wildman–Crippen MR) is 249 cm³/mol. The Morgan fingerprint density at radius 3 is 2.23 bits per heavy atom. The zero-order valence-electron chi connectivity index (χ0n) is 37.9. The number of piperidine rings is 1. The molecular formula is C45H69N8O5PSi. The Morgan fingerprint density at radius 2 is 1.62 bits per heavy atom. The van der Waals surface area contributed by atoms with Gasteiger partial charge >= 0.3 is 6.09 Å². The van der Waals surface area contributed by atoms with E-state index in [4.69, 9.17) is 19.4 Å². The molecule has 1 amide bonds. The summed E-state index contributed by atoms with van der Waals surface area (Å²) in [6.45, 7) is 28.0. The first-order chi connectivity index (χ1) is 28.1. The maximum atomic E-state index is 13.4. The Kier molecular flexibility index (Phi) is 13.8. The summed E-state index contributed by atoms with van der Waals surface area (Å²) in [4.78, 5) is 29.6. The number of fused-ring (bicyclic) bond motifs is 1. The molecular weight excluding hydrogens is 792 g/mol. The number of rotatable bonds is 14. The molecule has 4 heterocycles. The lowest BCUT2D eigenvalue weighted by molar-refractivity contribution is 0.00901. The minimum absolute atomic E-state index is 0.229. The number of anilines is 5. The first-order valence-electron chi connectivity index (χ1n) is 21.6. The van der Waals surface area contributed by atoms with Gasteiger partial charge in [-0.25, -0.2) is 4.79 Å². The van der Waals surface area contributed by atoms with Crippen molar-refractivity contribution in [1.29, 1.82) is 0 Å². The molecule has 13 nitrogen and oxygen atoms in total. The van der Waals surface area contributed by atoms with Crippen molar-refractivity contribution in [2.24, 2.45) is 0 Å². The molecule has 0 radical (unpaired) electrons. The highest BCUT2D eigenvalue weighted by Crippen LogP contribution is 2.40. The van der Waals surface area contributed by atoms with Crippen LogP contribution >= 0.6 is 7.14 Å². The van der Waals surface area contributed by atoms with E-state index in [2.05, 4.69) is 59.1 Å². The van der Waals surface area contributed by atoms with Gasteiger partial charge in [-0.05, 0) is 109 Å². The molecule has 0 aliphatic carbocycles. The zero-order valence-corrected chi connectivity index (χ0v) is 39.8. The molecule has 328 valence electrons. The summed E-state index contributed by atoms with van der Waals surface area (Å²) in [6.07, 6.45) is 4.59. The van der Waals surface area contributed by atoms with Crippen molar-refractivity contribution in [3.63, 3.8) is 0 Å². The molecule has 0 atom stereocenters. The number of nitrogens with one attached hydrogen (secondary N) is 2. The number of aryl methyl sites for hydroxylation is 1. The molecule has 3 N–H and O–H groups in total. The topological polar surface area (TPSA) is 137 Å². The highest BCUT2D eigenvalue weighted by Gasteiger charge is 2.32. The molecule has 0 saturated carbocycles. The van der Waals surface area contributed by atoms with Gasteiger partial charge in [0.05, 0.1) is 16.7 Å². The summed E-state index contributed by atoms with van der Waals surface area (Å²) in [7, 11) is -3.88. The van der Waals surface area contributed by atoms with Crippen LogP contribution in [0.25, 0.3) is 11.0 Å². The lowest BCUT2D eigenvalue weighted by Crippen LogP contribution is -2.55. The average molecular weight is 861 g/mol. The number of ether oxygens (including phenoxy) is 2. The average Bonchev–Trinajstić information content (AvgIpc) is 3.57. The molecule has 2 fully saturated rings. The largest absolute Gasteiger partial charge is 0.444 e. The third-order valence-corrected chi connectivity index (χ3v) is 14.6. The van der Waals surface area contributed by atoms with E-state index in [1.807, 2.05) is 80.6 Å². The van der Waals surface area contributed by atoms with Crippen molar-refractivity contribution in [2.75, 3.05) is 74.7 Å². The smallest absolute Gasteiger partial charge is 0.410 e. The summed E-state index contributed by atoms with van der Waals surface area (Å²) in [5.41, 5.74) is 3.56. The maximum Gasteiger partial charge on any atom is 0.410 e. The number of aliphatic hydroxyl groups is 1. The van der Waals surface area contributed by atoms with Crippen molar-refractivity contribution in [2.45, 2.75) is 110 Å². The van der Waals surface area contributed by atoms with Crippen LogP contribution in [0.15, 0.2) is 48.7 Å². The van der Waals surface area contributed by atoms with Crippen molar-refractivity contribution >= 4 is 66.5 Å². The van der Waals surface area contributed by atoms with E-state index in [1.165, 1.54) is 5.56 Å². The third-order valence-electron chi connectivity index (χ3n) is 11.4. The maximum absolute atomic E-state index is 13.4. The van der Waals surface area contributed by atoms with Crippen molar-refractivity contribution < 1.29 is 23.9 Å². The Hall–Kier alpha value is -3.94. The molecule has 0 unspecified atom stereocenters. The van der Waals surface area contributed by atoms with Gasteiger partial charge in [-0.2, -0.15) is 9.97 Å². The van der Waals surface area contributed by atoms with E-state index in [1.54, 1.807) is 13.3 Å². The van der Waals surface area contributed by atoms with Crippen molar-refractivity contribution in [3.8, 4) is 0 Å². The molecule has 15 heteroatoms. The second-order valence-corrected chi connectivity index (χ2v) is 28.4. The van der Waals surface area contributed by atoms with Crippen molar-refractivity contribution in [3.05, 3.63) is 59.8 Å². The van der Waals surface area contributed by atoms with Crippen LogP contribution < -0.4 is 20.8 Å². The van der Waals surface area contributed by atoms with Gasteiger partial charge in [-0.15, -0.1) is 0 Å². The molecule has 2 aromatic heterocycles. The number of nitrogens with zero attached hydrogens (tertiary/aromatic N) is 6. The lowest BCUT2D eigenvalue weighted by atomic mass is 9.92. The molecule has 2 saturated heterocycles. The molecule has 6 rings (SSSR count). The molecule has 2 aliphatic rings. The van der Waals surface area contributed by atoms with Gasteiger partial charge in [0.15, 0.2) is 0 Å². The van der Waals surface area contributed by atoms with Crippen LogP contribution in [0.4, 0.5) is 33.6 Å². The monoisotopic (exact) mass is 860 g/mol.